The van der Waals surface area contributed by atoms with Crippen molar-refractivity contribution in [3.8, 4) is 17.1 Å². The maximum atomic E-state index is 12.9. The zero-order valence-corrected chi connectivity index (χ0v) is 18.9. The highest BCUT2D eigenvalue weighted by atomic mass is 16.5. The third-order valence-corrected chi connectivity index (χ3v) is 6.23. The molecule has 0 atom stereocenters. The van der Waals surface area contributed by atoms with Gasteiger partial charge in [-0.2, -0.15) is 0 Å². The van der Waals surface area contributed by atoms with Crippen LogP contribution < -0.4 is 15.4 Å². The third kappa shape index (κ3) is 4.75. The van der Waals surface area contributed by atoms with Gasteiger partial charge in [0.2, 0.25) is 5.88 Å². The van der Waals surface area contributed by atoms with Gasteiger partial charge in [-0.3, -0.25) is 4.79 Å². The van der Waals surface area contributed by atoms with Crippen molar-refractivity contribution in [2.24, 2.45) is 7.05 Å². The fourth-order valence-corrected chi connectivity index (χ4v) is 4.25. The van der Waals surface area contributed by atoms with Crippen LogP contribution in [0.3, 0.4) is 0 Å². The summed E-state index contributed by atoms with van der Waals surface area (Å²) in [6, 6.07) is 9.74. The first kappa shape index (κ1) is 21.2. The van der Waals surface area contributed by atoms with Gasteiger partial charge in [-0.05, 0) is 49.2 Å². The molecule has 1 saturated heterocycles. The van der Waals surface area contributed by atoms with E-state index in [1.54, 1.807) is 24.7 Å². The lowest BCUT2D eigenvalue weighted by Crippen LogP contribution is -2.36. The van der Waals surface area contributed by atoms with Crippen molar-refractivity contribution in [2.75, 3.05) is 20.1 Å². The number of nitrogens with zero attached hydrogens (tertiary/aromatic N) is 4. The van der Waals surface area contributed by atoms with Crippen LogP contribution in [-0.4, -0.2) is 51.6 Å². The van der Waals surface area contributed by atoms with Gasteiger partial charge in [0.15, 0.2) is 0 Å². The minimum Gasteiger partial charge on any atom is -0.474 e. The van der Waals surface area contributed by atoms with Crippen molar-refractivity contribution in [1.29, 1.82) is 0 Å². The number of aromatic nitrogens is 3. The van der Waals surface area contributed by atoms with Gasteiger partial charge in [0, 0.05) is 50.1 Å². The fourth-order valence-electron chi connectivity index (χ4n) is 4.25. The molecular formula is C25H28N6O2. The highest BCUT2D eigenvalue weighted by molar-refractivity contribution is 5.96. The standard InChI is InChI=1S/C25H28N6O2/c1-30-9-6-21(7-10-30)33-24-13-18(5-8-27-24)25(32)29-23-12-20-11-17(3-4-19(20)14-28-23)22-15-26-16-31(22)2/h3-5,8,11-13,15-16,21,28H,6-7,9-10,14H2,1-2H3,(H,29,32). The Morgan fingerprint density at radius 2 is 2.03 bits per heavy atom. The lowest BCUT2D eigenvalue weighted by molar-refractivity contribution is 0.0958. The summed E-state index contributed by atoms with van der Waals surface area (Å²) < 4.78 is 8.02. The van der Waals surface area contributed by atoms with Crippen LogP contribution in [0.1, 0.15) is 34.3 Å². The first-order valence-electron chi connectivity index (χ1n) is 11.2. The lowest BCUT2D eigenvalue weighted by atomic mass is 10.00. The molecule has 170 valence electrons. The molecule has 33 heavy (non-hydrogen) atoms. The van der Waals surface area contributed by atoms with Crippen LogP contribution in [0, 0.1) is 0 Å². The summed E-state index contributed by atoms with van der Waals surface area (Å²) in [6.45, 7) is 2.66. The molecule has 8 heteroatoms. The van der Waals surface area contributed by atoms with E-state index in [2.05, 4.69) is 50.7 Å². The van der Waals surface area contributed by atoms with E-state index in [9.17, 15) is 4.79 Å². The molecule has 0 saturated carbocycles. The number of amides is 1. The molecule has 1 aromatic carbocycles. The second-order valence-electron chi connectivity index (χ2n) is 8.67. The van der Waals surface area contributed by atoms with Gasteiger partial charge in [0.05, 0.1) is 18.2 Å². The smallest absolute Gasteiger partial charge is 0.257 e. The molecule has 0 spiro atoms. The van der Waals surface area contributed by atoms with Crippen LogP contribution >= 0.6 is 0 Å². The molecule has 4 heterocycles. The average Bonchev–Trinajstić information content (AvgIpc) is 3.26. The van der Waals surface area contributed by atoms with E-state index < -0.39 is 0 Å². The number of imidazole rings is 1. The Hall–Kier alpha value is -3.65. The summed E-state index contributed by atoms with van der Waals surface area (Å²) >= 11 is 0. The van der Waals surface area contributed by atoms with Crippen molar-refractivity contribution in [3.05, 3.63) is 71.6 Å². The Balaban J connectivity index is 1.29. The highest BCUT2D eigenvalue weighted by Gasteiger charge is 2.20. The zero-order valence-electron chi connectivity index (χ0n) is 18.9. The normalized spacial score (nSPS) is 16.5. The minimum absolute atomic E-state index is 0.139. The van der Waals surface area contributed by atoms with Crippen LogP contribution in [0.4, 0.5) is 0 Å². The van der Waals surface area contributed by atoms with Crippen molar-refractivity contribution in [3.63, 3.8) is 0 Å². The molecule has 3 aromatic rings. The van der Waals surface area contributed by atoms with Crippen LogP contribution in [0.25, 0.3) is 17.3 Å². The molecule has 8 nitrogen and oxygen atoms in total. The van der Waals surface area contributed by atoms with E-state index in [-0.39, 0.29) is 12.0 Å². The third-order valence-electron chi connectivity index (χ3n) is 6.23. The van der Waals surface area contributed by atoms with Gasteiger partial charge in [0.1, 0.15) is 11.9 Å². The summed E-state index contributed by atoms with van der Waals surface area (Å²) in [5, 5.41) is 6.27. The van der Waals surface area contributed by atoms with Crippen LogP contribution in [0.5, 0.6) is 5.88 Å². The molecule has 5 rings (SSSR count). The molecular weight excluding hydrogens is 416 g/mol. The van der Waals surface area contributed by atoms with E-state index in [0.29, 0.717) is 23.8 Å². The largest absolute Gasteiger partial charge is 0.474 e. The Bertz CT molecular complexity index is 1190. The van der Waals surface area contributed by atoms with E-state index in [4.69, 9.17) is 4.74 Å². The predicted octanol–water partition coefficient (Wildman–Crippen LogP) is 2.79. The zero-order chi connectivity index (χ0) is 22.8. The van der Waals surface area contributed by atoms with E-state index in [0.717, 1.165) is 42.8 Å². The molecule has 2 aliphatic heterocycles. The fraction of sp³-hybridized carbons (Fsp3) is 0.320. The molecule has 2 aromatic heterocycles. The van der Waals surface area contributed by atoms with Crippen molar-refractivity contribution in [2.45, 2.75) is 25.5 Å². The molecule has 0 radical (unpaired) electrons. The maximum Gasteiger partial charge on any atom is 0.257 e. The number of likely N-dealkylation sites (tertiary alicyclic amines) is 1. The molecule has 0 bridgehead atoms. The monoisotopic (exact) mass is 444 g/mol. The summed E-state index contributed by atoms with van der Waals surface area (Å²) in [6.07, 6.45) is 9.29. The predicted molar refractivity (Wildman–Crippen MR) is 126 cm³/mol. The number of rotatable bonds is 5. The number of carbonyl (C=O) groups excluding carboxylic acids is 1. The Morgan fingerprint density at radius 1 is 1.18 bits per heavy atom. The number of pyridine rings is 1. The first-order valence-corrected chi connectivity index (χ1v) is 11.2. The van der Waals surface area contributed by atoms with Crippen LogP contribution in [0.2, 0.25) is 0 Å². The number of nitrogens with one attached hydrogen (secondary N) is 2. The van der Waals surface area contributed by atoms with Crippen molar-refractivity contribution in [1.82, 2.24) is 30.1 Å². The number of ether oxygens (including phenoxy) is 1. The van der Waals surface area contributed by atoms with Gasteiger partial charge in [-0.15, -0.1) is 0 Å². The van der Waals surface area contributed by atoms with E-state index in [1.807, 2.05) is 23.9 Å². The van der Waals surface area contributed by atoms with Crippen molar-refractivity contribution < 1.29 is 9.53 Å². The molecule has 1 fully saturated rings. The summed E-state index contributed by atoms with van der Waals surface area (Å²) in [5.74, 6) is 0.967. The Labute approximate surface area is 193 Å². The second kappa shape index (κ2) is 9.07. The lowest BCUT2D eigenvalue weighted by Gasteiger charge is -2.28. The quantitative estimate of drug-likeness (QED) is 0.630. The number of piperidine rings is 1. The number of benzene rings is 1. The van der Waals surface area contributed by atoms with Gasteiger partial charge >= 0.3 is 0 Å². The minimum atomic E-state index is -0.199. The molecule has 1 amide bonds. The Morgan fingerprint density at radius 3 is 2.82 bits per heavy atom. The van der Waals surface area contributed by atoms with Crippen LogP contribution in [-0.2, 0) is 13.6 Å². The number of hydrogen-bond acceptors (Lipinski definition) is 6. The van der Waals surface area contributed by atoms with E-state index >= 15 is 0 Å². The molecule has 0 unspecified atom stereocenters. The first-order chi connectivity index (χ1) is 16.0. The highest BCUT2D eigenvalue weighted by Crippen LogP contribution is 2.25. The molecule has 0 aliphatic carbocycles. The SMILES string of the molecule is CN1CCC(Oc2cc(C(=O)NC3=Cc4cc(-c5cncn5C)ccc4CN3)ccn2)CC1. The summed E-state index contributed by atoms with van der Waals surface area (Å²) in [4.78, 5) is 23.7. The average molecular weight is 445 g/mol. The topological polar surface area (TPSA) is 84.3 Å². The summed E-state index contributed by atoms with van der Waals surface area (Å²) in [5.41, 5.74) is 4.90. The number of fused-ring (bicyclic) bond motifs is 1. The summed E-state index contributed by atoms with van der Waals surface area (Å²) in [7, 11) is 4.09. The molecule has 2 N–H and O–H groups in total. The number of aryl methyl sites for hydroxylation is 1. The van der Waals surface area contributed by atoms with E-state index in [1.165, 1.54) is 5.56 Å². The van der Waals surface area contributed by atoms with Gasteiger partial charge in [0.25, 0.3) is 5.91 Å². The Kier molecular flexibility index (Phi) is 5.83. The van der Waals surface area contributed by atoms with Gasteiger partial charge in [-0.1, -0.05) is 12.1 Å². The van der Waals surface area contributed by atoms with Crippen molar-refractivity contribution >= 4 is 12.0 Å². The van der Waals surface area contributed by atoms with Gasteiger partial charge < -0.3 is 24.8 Å². The second-order valence-corrected chi connectivity index (χ2v) is 8.67. The number of carbonyl (C=O) groups is 1. The van der Waals surface area contributed by atoms with Gasteiger partial charge in [-0.25, -0.2) is 9.97 Å². The van der Waals surface area contributed by atoms with Crippen LogP contribution in [0.15, 0.2) is 54.9 Å². The maximum absolute atomic E-state index is 12.9. The number of hydrogen-bond donors (Lipinski definition) is 2. The molecule has 2 aliphatic rings.